The van der Waals surface area contributed by atoms with Gasteiger partial charge in [-0.2, -0.15) is 4.98 Å². The lowest BCUT2D eigenvalue weighted by atomic mass is 10.2. The largest absolute Gasteiger partial charge is 0.339 e. The molecular weight excluding hydrogens is 218 g/mol. The Labute approximate surface area is 99.8 Å². The summed E-state index contributed by atoms with van der Waals surface area (Å²) in [4.78, 5) is 8.49. The highest BCUT2D eigenvalue weighted by molar-refractivity contribution is 5.42. The monoisotopic (exact) mass is 235 g/mol. The van der Waals surface area contributed by atoms with Crippen LogP contribution in [0, 0.1) is 0 Å². The quantitative estimate of drug-likeness (QED) is 0.759. The van der Waals surface area contributed by atoms with E-state index in [4.69, 9.17) is 10.3 Å². The second-order valence-electron chi connectivity index (χ2n) is 3.97. The average Bonchev–Trinajstić information content (AvgIpc) is 2.93. The number of aryl methyl sites for hydroxylation is 2. The van der Waals surface area contributed by atoms with Crippen LogP contribution in [0.15, 0.2) is 16.9 Å². The molecule has 2 N–H and O–H groups in total. The minimum Gasteiger partial charge on any atom is -0.339 e. The molecule has 17 heavy (non-hydrogen) atoms. The number of hydrogen-bond acceptors (Lipinski definition) is 5. The first-order valence-corrected chi connectivity index (χ1v) is 5.81. The van der Waals surface area contributed by atoms with Crippen molar-refractivity contribution < 1.29 is 4.52 Å². The van der Waals surface area contributed by atoms with E-state index < -0.39 is 0 Å². The standard InChI is InChI=1S/C11H17N5O/c1-16-8-7-13-11(16)10-14-9(17-15-10)5-3-2-4-6-12/h7-8H,2-6,12H2,1H3. The fraction of sp³-hybridized carbons (Fsp3) is 0.545. The van der Waals surface area contributed by atoms with Crippen LogP contribution in [0.3, 0.4) is 0 Å². The van der Waals surface area contributed by atoms with Gasteiger partial charge < -0.3 is 14.8 Å². The van der Waals surface area contributed by atoms with Crippen molar-refractivity contribution in [1.29, 1.82) is 0 Å². The van der Waals surface area contributed by atoms with Gasteiger partial charge in [-0.1, -0.05) is 11.6 Å². The highest BCUT2D eigenvalue weighted by Crippen LogP contribution is 2.13. The normalized spacial score (nSPS) is 10.9. The van der Waals surface area contributed by atoms with Crippen molar-refractivity contribution >= 4 is 0 Å². The topological polar surface area (TPSA) is 82.8 Å². The Bertz CT molecular complexity index is 462. The van der Waals surface area contributed by atoms with E-state index in [0.717, 1.165) is 38.1 Å². The molecule has 0 amide bonds. The van der Waals surface area contributed by atoms with Crippen LogP contribution < -0.4 is 5.73 Å². The summed E-state index contributed by atoms with van der Waals surface area (Å²) in [6, 6.07) is 0. The third kappa shape index (κ3) is 2.91. The maximum Gasteiger partial charge on any atom is 0.238 e. The van der Waals surface area contributed by atoms with E-state index in [1.807, 2.05) is 17.8 Å². The molecular formula is C11H17N5O. The Balaban J connectivity index is 1.95. The maximum atomic E-state index is 5.43. The first kappa shape index (κ1) is 11.8. The van der Waals surface area contributed by atoms with Gasteiger partial charge in [0.15, 0.2) is 5.82 Å². The SMILES string of the molecule is Cn1ccnc1-c1noc(CCCCCN)n1. The zero-order chi connectivity index (χ0) is 12.1. The third-order valence-electron chi connectivity index (χ3n) is 2.58. The lowest BCUT2D eigenvalue weighted by Crippen LogP contribution is -1.98. The molecule has 2 heterocycles. The molecule has 0 aliphatic carbocycles. The number of aromatic nitrogens is 4. The minimum atomic E-state index is 0.548. The summed E-state index contributed by atoms with van der Waals surface area (Å²) in [6.07, 6.45) is 7.53. The molecule has 2 aromatic heterocycles. The third-order valence-corrected chi connectivity index (χ3v) is 2.58. The van der Waals surface area contributed by atoms with Crippen molar-refractivity contribution in [2.45, 2.75) is 25.7 Å². The number of nitrogens with zero attached hydrogens (tertiary/aromatic N) is 4. The Kier molecular flexibility index (Phi) is 3.87. The fourth-order valence-corrected chi connectivity index (χ4v) is 1.63. The number of rotatable bonds is 6. The van der Waals surface area contributed by atoms with Crippen molar-refractivity contribution in [2.75, 3.05) is 6.54 Å². The summed E-state index contributed by atoms with van der Waals surface area (Å²) in [7, 11) is 1.90. The number of unbranched alkanes of at least 4 members (excludes halogenated alkanes) is 2. The van der Waals surface area contributed by atoms with E-state index in [1.54, 1.807) is 6.20 Å². The zero-order valence-corrected chi connectivity index (χ0v) is 9.96. The van der Waals surface area contributed by atoms with E-state index in [1.165, 1.54) is 0 Å². The average molecular weight is 235 g/mol. The highest BCUT2D eigenvalue weighted by Gasteiger charge is 2.11. The van der Waals surface area contributed by atoms with Crippen molar-refractivity contribution in [1.82, 2.24) is 19.7 Å². The van der Waals surface area contributed by atoms with Crippen molar-refractivity contribution in [3.8, 4) is 11.6 Å². The molecule has 0 aliphatic heterocycles. The van der Waals surface area contributed by atoms with Gasteiger partial charge in [0.25, 0.3) is 0 Å². The molecule has 0 aliphatic rings. The lowest BCUT2D eigenvalue weighted by Gasteiger charge is -1.94. The molecule has 0 fully saturated rings. The Morgan fingerprint density at radius 1 is 1.35 bits per heavy atom. The Hall–Kier alpha value is -1.69. The first-order chi connectivity index (χ1) is 8.31. The summed E-state index contributed by atoms with van der Waals surface area (Å²) in [5, 5.41) is 3.92. The maximum absolute atomic E-state index is 5.43. The molecule has 0 saturated heterocycles. The molecule has 0 atom stereocenters. The van der Waals surface area contributed by atoms with Gasteiger partial charge in [0.1, 0.15) is 0 Å². The number of hydrogen-bond donors (Lipinski definition) is 1. The molecule has 6 heteroatoms. The fourth-order valence-electron chi connectivity index (χ4n) is 1.63. The van der Waals surface area contributed by atoms with Crippen LogP contribution in [0.2, 0.25) is 0 Å². The smallest absolute Gasteiger partial charge is 0.238 e. The van der Waals surface area contributed by atoms with Crippen molar-refractivity contribution in [3.05, 3.63) is 18.3 Å². The van der Waals surface area contributed by atoms with Crippen molar-refractivity contribution in [3.63, 3.8) is 0 Å². The molecule has 92 valence electrons. The second-order valence-corrected chi connectivity index (χ2v) is 3.97. The summed E-state index contributed by atoms with van der Waals surface area (Å²) >= 11 is 0. The summed E-state index contributed by atoms with van der Waals surface area (Å²) in [6.45, 7) is 0.738. The van der Waals surface area contributed by atoms with Crippen LogP contribution in [0.1, 0.15) is 25.2 Å². The number of nitrogens with two attached hydrogens (primary N) is 1. The summed E-state index contributed by atoms with van der Waals surface area (Å²) in [5.74, 6) is 1.94. The van der Waals surface area contributed by atoms with Gasteiger partial charge >= 0.3 is 0 Å². The van der Waals surface area contributed by atoms with Crippen LogP contribution in [0.25, 0.3) is 11.6 Å². The second kappa shape index (κ2) is 5.58. The molecule has 2 aromatic rings. The van der Waals surface area contributed by atoms with Crippen LogP contribution in [-0.2, 0) is 13.5 Å². The molecule has 2 rings (SSSR count). The summed E-state index contributed by atoms with van der Waals surface area (Å²) in [5.41, 5.74) is 5.43. The first-order valence-electron chi connectivity index (χ1n) is 5.81. The molecule has 0 saturated carbocycles. The molecule has 6 nitrogen and oxygen atoms in total. The predicted octanol–water partition coefficient (Wildman–Crippen LogP) is 1.14. The molecule has 0 bridgehead atoms. The Morgan fingerprint density at radius 3 is 2.94 bits per heavy atom. The van der Waals surface area contributed by atoms with E-state index in [9.17, 15) is 0 Å². The van der Waals surface area contributed by atoms with Crippen LogP contribution in [0.4, 0.5) is 0 Å². The van der Waals surface area contributed by atoms with E-state index >= 15 is 0 Å². The van der Waals surface area contributed by atoms with Gasteiger partial charge in [0, 0.05) is 25.9 Å². The number of imidazole rings is 1. The van der Waals surface area contributed by atoms with Crippen LogP contribution in [-0.4, -0.2) is 26.2 Å². The van der Waals surface area contributed by atoms with Crippen molar-refractivity contribution in [2.24, 2.45) is 12.8 Å². The van der Waals surface area contributed by atoms with E-state index in [0.29, 0.717) is 11.7 Å². The molecule has 0 aromatic carbocycles. The van der Waals surface area contributed by atoms with E-state index in [2.05, 4.69) is 15.1 Å². The van der Waals surface area contributed by atoms with Gasteiger partial charge in [-0.3, -0.25) is 0 Å². The zero-order valence-electron chi connectivity index (χ0n) is 9.96. The molecule has 0 unspecified atom stereocenters. The molecule has 0 spiro atoms. The predicted molar refractivity (Wildman–Crippen MR) is 63.1 cm³/mol. The molecule has 0 radical (unpaired) electrons. The van der Waals surface area contributed by atoms with Gasteiger partial charge in [0.2, 0.25) is 11.7 Å². The Morgan fingerprint density at radius 2 is 2.24 bits per heavy atom. The summed E-state index contributed by atoms with van der Waals surface area (Å²) < 4.78 is 7.04. The van der Waals surface area contributed by atoms with E-state index in [-0.39, 0.29) is 0 Å². The lowest BCUT2D eigenvalue weighted by molar-refractivity contribution is 0.374. The van der Waals surface area contributed by atoms with Gasteiger partial charge in [-0.25, -0.2) is 4.98 Å². The van der Waals surface area contributed by atoms with Crippen LogP contribution >= 0.6 is 0 Å². The van der Waals surface area contributed by atoms with Gasteiger partial charge in [-0.05, 0) is 19.4 Å². The van der Waals surface area contributed by atoms with Gasteiger partial charge in [-0.15, -0.1) is 0 Å². The highest BCUT2D eigenvalue weighted by atomic mass is 16.5. The van der Waals surface area contributed by atoms with Crippen LogP contribution in [0.5, 0.6) is 0 Å². The van der Waals surface area contributed by atoms with Gasteiger partial charge in [0.05, 0.1) is 0 Å². The minimum absolute atomic E-state index is 0.548.